The lowest BCUT2D eigenvalue weighted by Crippen LogP contribution is -2.48. The minimum Gasteiger partial charge on any atom is -0.298 e. The molecule has 29 heavy (non-hydrogen) atoms. The van der Waals surface area contributed by atoms with E-state index in [9.17, 15) is 9.59 Å². The third-order valence-electron chi connectivity index (χ3n) is 4.20. The molecule has 0 saturated carbocycles. The summed E-state index contributed by atoms with van der Waals surface area (Å²) in [6.45, 7) is 1.93. The standard InChI is InChI=1S/C22H18BrN3O2S/c1-14-9-10-17(13-19(14)23)21(28)25-26-22(29)24-20(27)12-11-16-7-4-6-15-5-2-3-8-18(15)16/h2-13H,1H3,(H,25,28)(H2,24,26,27,29)/b12-11+. The van der Waals surface area contributed by atoms with Gasteiger partial charge in [0.25, 0.3) is 5.91 Å². The van der Waals surface area contributed by atoms with Gasteiger partial charge in [-0.1, -0.05) is 64.5 Å². The highest BCUT2D eigenvalue weighted by Crippen LogP contribution is 2.19. The van der Waals surface area contributed by atoms with E-state index in [0.29, 0.717) is 5.56 Å². The summed E-state index contributed by atoms with van der Waals surface area (Å²) in [5.41, 5.74) is 7.39. The van der Waals surface area contributed by atoms with Crippen LogP contribution in [-0.2, 0) is 4.79 Å². The summed E-state index contributed by atoms with van der Waals surface area (Å²) in [6.07, 6.45) is 3.12. The number of amides is 2. The molecular weight excluding hydrogens is 450 g/mol. The number of rotatable bonds is 3. The Morgan fingerprint density at radius 3 is 2.55 bits per heavy atom. The van der Waals surface area contributed by atoms with Gasteiger partial charge in [-0.25, -0.2) is 0 Å². The average Bonchev–Trinajstić information content (AvgIpc) is 2.72. The van der Waals surface area contributed by atoms with E-state index in [1.807, 2.05) is 55.5 Å². The second-order valence-electron chi connectivity index (χ2n) is 6.26. The predicted molar refractivity (Wildman–Crippen MR) is 123 cm³/mol. The number of hydrazine groups is 1. The van der Waals surface area contributed by atoms with E-state index in [0.717, 1.165) is 26.4 Å². The summed E-state index contributed by atoms with van der Waals surface area (Å²) in [5, 5.41) is 4.64. The van der Waals surface area contributed by atoms with Gasteiger partial charge < -0.3 is 0 Å². The van der Waals surface area contributed by atoms with Crippen LogP contribution in [0.4, 0.5) is 0 Å². The van der Waals surface area contributed by atoms with Crippen molar-refractivity contribution in [3.8, 4) is 0 Å². The van der Waals surface area contributed by atoms with E-state index in [1.165, 1.54) is 6.08 Å². The Hall–Kier alpha value is -3.03. The normalized spacial score (nSPS) is 10.7. The maximum atomic E-state index is 12.2. The largest absolute Gasteiger partial charge is 0.298 e. The number of halogens is 1. The second-order valence-corrected chi connectivity index (χ2v) is 7.53. The molecule has 3 rings (SSSR count). The maximum absolute atomic E-state index is 12.2. The van der Waals surface area contributed by atoms with Crippen molar-refractivity contribution in [1.29, 1.82) is 0 Å². The predicted octanol–water partition coefficient (Wildman–Crippen LogP) is 4.26. The quantitative estimate of drug-likeness (QED) is 0.305. The lowest BCUT2D eigenvalue weighted by atomic mass is 10.0. The highest BCUT2D eigenvalue weighted by atomic mass is 79.9. The fraction of sp³-hybridized carbons (Fsp3) is 0.0455. The van der Waals surface area contributed by atoms with Gasteiger partial charge in [-0.3, -0.25) is 25.8 Å². The van der Waals surface area contributed by atoms with Crippen LogP contribution in [0, 0.1) is 6.92 Å². The van der Waals surface area contributed by atoms with Gasteiger partial charge in [-0.05, 0) is 59.2 Å². The van der Waals surface area contributed by atoms with E-state index in [1.54, 1.807) is 18.2 Å². The zero-order chi connectivity index (χ0) is 20.8. The Balaban J connectivity index is 1.55. The number of hydrogen-bond donors (Lipinski definition) is 3. The number of thiocarbonyl (C=S) groups is 1. The highest BCUT2D eigenvalue weighted by Gasteiger charge is 2.08. The minimum absolute atomic E-state index is 0.00269. The molecule has 0 spiro atoms. The molecule has 5 nitrogen and oxygen atoms in total. The summed E-state index contributed by atoms with van der Waals surface area (Å²) < 4.78 is 0.833. The number of carbonyl (C=O) groups is 2. The Morgan fingerprint density at radius 1 is 1.00 bits per heavy atom. The Morgan fingerprint density at radius 2 is 1.76 bits per heavy atom. The van der Waals surface area contributed by atoms with Gasteiger partial charge in [-0.15, -0.1) is 0 Å². The fourth-order valence-corrected chi connectivity index (χ4v) is 3.20. The molecule has 0 aromatic heterocycles. The van der Waals surface area contributed by atoms with Crippen molar-refractivity contribution in [3.05, 3.63) is 87.9 Å². The number of aryl methyl sites for hydroxylation is 1. The first-order chi connectivity index (χ1) is 13.9. The van der Waals surface area contributed by atoms with Crippen LogP contribution in [0.2, 0.25) is 0 Å². The summed E-state index contributed by atoms with van der Waals surface area (Å²) >= 11 is 8.44. The molecule has 0 unspecified atom stereocenters. The van der Waals surface area contributed by atoms with E-state index >= 15 is 0 Å². The molecule has 0 fully saturated rings. The molecule has 0 heterocycles. The second kappa shape index (κ2) is 9.45. The summed E-state index contributed by atoms with van der Waals surface area (Å²) in [7, 11) is 0. The minimum atomic E-state index is -0.400. The monoisotopic (exact) mass is 467 g/mol. The smallest absolute Gasteiger partial charge is 0.269 e. The molecule has 3 aromatic carbocycles. The maximum Gasteiger partial charge on any atom is 0.269 e. The molecule has 0 aliphatic heterocycles. The molecule has 0 bridgehead atoms. The molecular formula is C22H18BrN3O2S. The molecule has 0 atom stereocenters. The van der Waals surface area contributed by atoms with Crippen molar-refractivity contribution in [2.24, 2.45) is 0 Å². The lowest BCUT2D eigenvalue weighted by Gasteiger charge is -2.10. The van der Waals surface area contributed by atoms with Gasteiger partial charge >= 0.3 is 0 Å². The van der Waals surface area contributed by atoms with Gasteiger partial charge in [0.05, 0.1) is 0 Å². The summed E-state index contributed by atoms with van der Waals surface area (Å²) in [5.74, 6) is -0.767. The van der Waals surface area contributed by atoms with Crippen molar-refractivity contribution in [2.45, 2.75) is 6.92 Å². The van der Waals surface area contributed by atoms with E-state index in [4.69, 9.17) is 12.2 Å². The summed E-state index contributed by atoms with van der Waals surface area (Å²) in [4.78, 5) is 24.3. The first-order valence-electron chi connectivity index (χ1n) is 8.77. The third-order valence-corrected chi connectivity index (χ3v) is 5.26. The van der Waals surface area contributed by atoms with Crippen LogP contribution >= 0.6 is 28.1 Å². The first-order valence-corrected chi connectivity index (χ1v) is 9.97. The van der Waals surface area contributed by atoms with Crippen molar-refractivity contribution in [2.75, 3.05) is 0 Å². The Bertz CT molecular complexity index is 1120. The van der Waals surface area contributed by atoms with Crippen LogP contribution in [0.5, 0.6) is 0 Å². The number of nitrogens with one attached hydrogen (secondary N) is 3. The number of hydrogen-bond acceptors (Lipinski definition) is 3. The van der Waals surface area contributed by atoms with Crippen LogP contribution in [0.3, 0.4) is 0 Å². The van der Waals surface area contributed by atoms with E-state index in [-0.39, 0.29) is 11.0 Å². The van der Waals surface area contributed by atoms with Crippen molar-refractivity contribution in [3.63, 3.8) is 0 Å². The molecule has 7 heteroatoms. The summed E-state index contributed by atoms with van der Waals surface area (Å²) in [6, 6.07) is 19.1. The molecule has 2 amide bonds. The van der Waals surface area contributed by atoms with Crippen molar-refractivity contribution in [1.82, 2.24) is 16.2 Å². The number of fused-ring (bicyclic) bond motifs is 1. The highest BCUT2D eigenvalue weighted by molar-refractivity contribution is 9.10. The van der Waals surface area contributed by atoms with Gasteiger partial charge in [0.2, 0.25) is 5.91 Å². The Kier molecular flexibility index (Phi) is 6.74. The van der Waals surface area contributed by atoms with Crippen LogP contribution in [0.25, 0.3) is 16.8 Å². The Labute approximate surface area is 182 Å². The van der Waals surface area contributed by atoms with Crippen molar-refractivity contribution >= 4 is 61.9 Å². The zero-order valence-corrected chi connectivity index (χ0v) is 17.9. The number of carbonyl (C=O) groups excluding carboxylic acids is 2. The third kappa shape index (κ3) is 5.49. The van der Waals surface area contributed by atoms with Gasteiger partial charge in [-0.2, -0.15) is 0 Å². The fourth-order valence-electron chi connectivity index (χ4n) is 2.67. The van der Waals surface area contributed by atoms with Crippen LogP contribution in [0.1, 0.15) is 21.5 Å². The molecule has 0 aliphatic rings. The molecule has 0 saturated heterocycles. The van der Waals surface area contributed by atoms with E-state index in [2.05, 4.69) is 32.1 Å². The van der Waals surface area contributed by atoms with Crippen LogP contribution in [0.15, 0.2) is 71.2 Å². The van der Waals surface area contributed by atoms with Crippen LogP contribution < -0.4 is 16.2 Å². The molecule has 0 radical (unpaired) electrons. The van der Waals surface area contributed by atoms with Gasteiger partial charge in [0.1, 0.15) is 0 Å². The number of benzene rings is 3. The van der Waals surface area contributed by atoms with Crippen molar-refractivity contribution < 1.29 is 9.59 Å². The molecule has 3 N–H and O–H groups in total. The van der Waals surface area contributed by atoms with Crippen LogP contribution in [-0.4, -0.2) is 16.9 Å². The molecule has 146 valence electrons. The SMILES string of the molecule is Cc1ccc(C(=O)NNC(=S)NC(=O)/C=C/c2cccc3ccccc23)cc1Br. The topological polar surface area (TPSA) is 70.2 Å². The average molecular weight is 468 g/mol. The zero-order valence-electron chi connectivity index (χ0n) is 15.5. The molecule has 3 aromatic rings. The first kappa shape index (κ1) is 20.7. The lowest BCUT2D eigenvalue weighted by molar-refractivity contribution is -0.115. The van der Waals surface area contributed by atoms with E-state index < -0.39 is 5.91 Å². The molecule has 0 aliphatic carbocycles. The van der Waals surface area contributed by atoms with Gasteiger partial charge in [0.15, 0.2) is 5.11 Å². The van der Waals surface area contributed by atoms with Gasteiger partial charge in [0, 0.05) is 16.1 Å².